The Morgan fingerprint density at radius 3 is 2.88 bits per heavy atom. The molecule has 1 unspecified atom stereocenters. The summed E-state index contributed by atoms with van der Waals surface area (Å²) in [5.41, 5.74) is 13.5. The second kappa shape index (κ2) is 4.18. The Hall–Kier alpha value is -1.88. The zero-order chi connectivity index (χ0) is 12.6. The molecule has 0 saturated carbocycles. The van der Waals surface area contributed by atoms with E-state index in [1.165, 1.54) is 0 Å². The van der Waals surface area contributed by atoms with Gasteiger partial charge in [0.05, 0.1) is 12.0 Å². The number of primary amides is 1. The van der Waals surface area contributed by atoms with Crippen molar-refractivity contribution in [2.24, 2.45) is 11.5 Å². The van der Waals surface area contributed by atoms with Crippen molar-refractivity contribution in [1.82, 2.24) is 0 Å². The van der Waals surface area contributed by atoms with Crippen LogP contribution in [0.3, 0.4) is 0 Å². The van der Waals surface area contributed by atoms with E-state index in [4.69, 9.17) is 11.5 Å². The molecule has 0 saturated heterocycles. The van der Waals surface area contributed by atoms with E-state index < -0.39 is 11.9 Å². The number of nitrogens with one attached hydrogen (secondary N) is 1. The first kappa shape index (κ1) is 11.6. The van der Waals surface area contributed by atoms with E-state index in [2.05, 4.69) is 5.32 Å². The highest BCUT2D eigenvalue weighted by atomic mass is 16.2. The van der Waals surface area contributed by atoms with Crippen molar-refractivity contribution in [2.75, 3.05) is 5.32 Å². The van der Waals surface area contributed by atoms with Crippen molar-refractivity contribution in [2.45, 2.75) is 25.3 Å². The lowest BCUT2D eigenvalue weighted by atomic mass is 9.90. The number of aryl methyl sites for hydroxylation is 1. The number of nitrogens with two attached hydrogens (primary N) is 2. The van der Waals surface area contributed by atoms with Gasteiger partial charge in [-0.3, -0.25) is 9.59 Å². The van der Waals surface area contributed by atoms with Gasteiger partial charge in [-0.15, -0.1) is 0 Å². The number of amides is 2. The van der Waals surface area contributed by atoms with E-state index in [1.54, 1.807) is 0 Å². The summed E-state index contributed by atoms with van der Waals surface area (Å²) >= 11 is 0. The molecular formula is C12H15N3O2. The summed E-state index contributed by atoms with van der Waals surface area (Å²) in [6.45, 7) is 1.93. The predicted molar refractivity (Wildman–Crippen MR) is 64.3 cm³/mol. The normalized spacial score (nSPS) is 19.6. The highest BCUT2D eigenvalue weighted by Crippen LogP contribution is 2.37. The largest absolute Gasteiger partial charge is 0.368 e. The van der Waals surface area contributed by atoms with E-state index in [9.17, 15) is 9.59 Å². The third-order valence-corrected chi connectivity index (χ3v) is 3.10. The van der Waals surface area contributed by atoms with Crippen LogP contribution in [0, 0.1) is 6.92 Å². The molecule has 5 nitrogen and oxygen atoms in total. The van der Waals surface area contributed by atoms with Gasteiger partial charge in [-0.1, -0.05) is 12.1 Å². The van der Waals surface area contributed by atoms with Gasteiger partial charge < -0.3 is 16.8 Å². The molecule has 5 N–H and O–H groups in total. The number of carbonyl (C=O) groups is 2. The molecule has 0 aliphatic carbocycles. The van der Waals surface area contributed by atoms with Crippen LogP contribution in [-0.4, -0.2) is 17.9 Å². The number of rotatable bonds is 3. The average molecular weight is 233 g/mol. The summed E-state index contributed by atoms with van der Waals surface area (Å²) in [5.74, 6) is -1.08. The van der Waals surface area contributed by atoms with Crippen LogP contribution in [0.15, 0.2) is 18.2 Å². The monoisotopic (exact) mass is 233 g/mol. The van der Waals surface area contributed by atoms with Crippen LogP contribution in [0.4, 0.5) is 5.69 Å². The quantitative estimate of drug-likeness (QED) is 0.697. The second-order valence-electron chi connectivity index (χ2n) is 4.32. The Kier molecular flexibility index (Phi) is 2.85. The van der Waals surface area contributed by atoms with Crippen molar-refractivity contribution in [1.29, 1.82) is 0 Å². The Balaban J connectivity index is 2.31. The van der Waals surface area contributed by atoms with Crippen LogP contribution >= 0.6 is 0 Å². The van der Waals surface area contributed by atoms with E-state index in [0.717, 1.165) is 16.8 Å². The summed E-state index contributed by atoms with van der Waals surface area (Å²) in [6, 6.07) is 4.86. The Morgan fingerprint density at radius 2 is 2.24 bits per heavy atom. The summed E-state index contributed by atoms with van der Waals surface area (Å²) in [6.07, 6.45) is 0.249. The van der Waals surface area contributed by atoms with Crippen LogP contribution in [-0.2, 0) is 9.59 Å². The van der Waals surface area contributed by atoms with Gasteiger partial charge in [-0.25, -0.2) is 0 Å². The van der Waals surface area contributed by atoms with Gasteiger partial charge in [-0.2, -0.15) is 0 Å². The maximum Gasteiger partial charge on any atom is 0.234 e. The standard InChI is InChI=1S/C12H15N3O2/c1-6-3-2-4-9-10(6)7(12(17)15-9)5-8(13)11(14)16/h2-4,7-8H,5,13H2,1H3,(H2,14,16)(H,15,17)/t7?,8-/m0/s1. The van der Waals surface area contributed by atoms with Crippen LogP contribution < -0.4 is 16.8 Å². The molecule has 2 atom stereocenters. The van der Waals surface area contributed by atoms with Crippen LogP contribution in [0.25, 0.3) is 0 Å². The molecule has 90 valence electrons. The van der Waals surface area contributed by atoms with E-state index in [1.807, 2.05) is 25.1 Å². The van der Waals surface area contributed by atoms with Crippen molar-refractivity contribution >= 4 is 17.5 Å². The van der Waals surface area contributed by atoms with Crippen molar-refractivity contribution in [3.8, 4) is 0 Å². The smallest absolute Gasteiger partial charge is 0.234 e. The van der Waals surface area contributed by atoms with Gasteiger partial charge in [0.2, 0.25) is 11.8 Å². The van der Waals surface area contributed by atoms with Gasteiger partial charge in [0.15, 0.2) is 0 Å². The molecule has 1 aromatic rings. The molecule has 1 aliphatic rings. The Morgan fingerprint density at radius 1 is 1.53 bits per heavy atom. The Labute approximate surface area is 99.2 Å². The molecule has 0 bridgehead atoms. The minimum Gasteiger partial charge on any atom is -0.368 e. The van der Waals surface area contributed by atoms with E-state index in [0.29, 0.717) is 0 Å². The number of fused-ring (bicyclic) bond motifs is 1. The molecular weight excluding hydrogens is 218 g/mol. The zero-order valence-corrected chi connectivity index (χ0v) is 9.57. The first-order valence-electron chi connectivity index (χ1n) is 5.46. The molecule has 17 heavy (non-hydrogen) atoms. The minimum absolute atomic E-state index is 0.119. The van der Waals surface area contributed by atoms with Gasteiger partial charge in [0.1, 0.15) is 0 Å². The highest BCUT2D eigenvalue weighted by molar-refractivity contribution is 6.03. The number of hydrogen-bond donors (Lipinski definition) is 3. The van der Waals surface area contributed by atoms with Gasteiger partial charge in [-0.05, 0) is 30.5 Å². The Bertz CT molecular complexity index is 485. The molecule has 1 aliphatic heterocycles. The van der Waals surface area contributed by atoms with Crippen LogP contribution in [0.2, 0.25) is 0 Å². The fraction of sp³-hybridized carbons (Fsp3) is 0.333. The highest BCUT2D eigenvalue weighted by Gasteiger charge is 2.33. The molecule has 5 heteroatoms. The van der Waals surface area contributed by atoms with E-state index >= 15 is 0 Å². The van der Waals surface area contributed by atoms with Crippen molar-refractivity contribution in [3.05, 3.63) is 29.3 Å². The van der Waals surface area contributed by atoms with E-state index in [-0.39, 0.29) is 18.2 Å². The number of benzene rings is 1. The lowest BCUT2D eigenvalue weighted by molar-refractivity contribution is -0.120. The zero-order valence-electron chi connectivity index (χ0n) is 9.57. The minimum atomic E-state index is -0.795. The number of carbonyl (C=O) groups excluding carboxylic acids is 2. The topological polar surface area (TPSA) is 98.2 Å². The molecule has 0 aromatic heterocycles. The predicted octanol–water partition coefficient (Wildman–Crippen LogP) is 0.233. The molecule has 0 radical (unpaired) electrons. The SMILES string of the molecule is Cc1cccc2c1C(C[C@H](N)C(N)=O)C(=O)N2. The number of hydrogen-bond acceptors (Lipinski definition) is 3. The fourth-order valence-corrected chi connectivity index (χ4v) is 2.20. The third kappa shape index (κ3) is 2.01. The van der Waals surface area contributed by atoms with Crippen molar-refractivity contribution < 1.29 is 9.59 Å². The average Bonchev–Trinajstić information content (AvgIpc) is 2.56. The molecule has 1 aromatic carbocycles. The summed E-state index contributed by atoms with van der Waals surface area (Å²) in [4.78, 5) is 22.8. The second-order valence-corrected chi connectivity index (χ2v) is 4.32. The molecule has 2 amide bonds. The maximum atomic E-state index is 11.8. The summed E-state index contributed by atoms with van der Waals surface area (Å²) in [7, 11) is 0. The lowest BCUT2D eigenvalue weighted by Crippen LogP contribution is -2.38. The fourth-order valence-electron chi connectivity index (χ4n) is 2.20. The van der Waals surface area contributed by atoms with Crippen molar-refractivity contribution in [3.63, 3.8) is 0 Å². The van der Waals surface area contributed by atoms with Gasteiger partial charge in [0, 0.05) is 5.69 Å². The molecule has 1 heterocycles. The molecule has 0 spiro atoms. The summed E-state index contributed by atoms with van der Waals surface area (Å²) < 4.78 is 0. The van der Waals surface area contributed by atoms with Crippen LogP contribution in [0.5, 0.6) is 0 Å². The third-order valence-electron chi connectivity index (χ3n) is 3.10. The lowest BCUT2D eigenvalue weighted by Gasteiger charge is -2.14. The van der Waals surface area contributed by atoms with Gasteiger partial charge >= 0.3 is 0 Å². The molecule has 0 fully saturated rings. The van der Waals surface area contributed by atoms with Gasteiger partial charge in [0.25, 0.3) is 0 Å². The first-order valence-corrected chi connectivity index (χ1v) is 5.46. The molecule has 2 rings (SSSR count). The first-order chi connectivity index (χ1) is 8.00. The maximum absolute atomic E-state index is 11.8. The summed E-state index contributed by atoms with van der Waals surface area (Å²) in [5, 5.41) is 2.79. The van der Waals surface area contributed by atoms with Crippen LogP contribution in [0.1, 0.15) is 23.5 Å². The number of anilines is 1.